The topological polar surface area (TPSA) is 0 Å². The fourth-order valence-electron chi connectivity index (χ4n) is 13.1. The second-order valence-electron chi connectivity index (χ2n) is 21.1. The SMILES string of the molecule is c1ccc([Si](c2ccccc2)(c2ccccc2)c2cccc(-c3cc(-c4cccc([Si](c5ccccc5)(c5ccccc5)c5ccccc5)c4)cc(-c4cccc([Si](c5ccccc5)(c5ccccc5)c5ccccc5)c4)c3)c2)cc1. The molecule has 13 aromatic carbocycles. The molecule has 0 heterocycles. The molecule has 0 unspecified atom stereocenters. The first-order valence-electron chi connectivity index (χ1n) is 28.1. The predicted molar refractivity (Wildman–Crippen MR) is 354 cm³/mol. The smallest absolute Gasteiger partial charge is 0.0623 e. The summed E-state index contributed by atoms with van der Waals surface area (Å²) in [6.45, 7) is 0. The van der Waals surface area contributed by atoms with Gasteiger partial charge in [0.05, 0.1) is 0 Å². The van der Waals surface area contributed by atoms with Gasteiger partial charge < -0.3 is 0 Å². The van der Waals surface area contributed by atoms with Crippen LogP contribution in [-0.2, 0) is 0 Å². The highest BCUT2D eigenvalue weighted by Crippen LogP contribution is 2.34. The van der Waals surface area contributed by atoms with Gasteiger partial charge in [-0.25, -0.2) is 0 Å². The van der Waals surface area contributed by atoms with Crippen LogP contribution in [0, 0.1) is 0 Å². The van der Waals surface area contributed by atoms with Crippen molar-refractivity contribution in [1.29, 1.82) is 0 Å². The molecule has 13 aromatic rings. The maximum Gasteiger partial charge on any atom is 0.179 e. The van der Waals surface area contributed by atoms with Crippen LogP contribution in [0.25, 0.3) is 33.4 Å². The average molecular weight is 1080 g/mol. The third-order valence-corrected chi connectivity index (χ3v) is 31.0. The average Bonchev–Trinajstić information content (AvgIpc) is 3.65. The summed E-state index contributed by atoms with van der Waals surface area (Å²) in [5, 5.41) is 16.2. The molecule has 0 saturated carbocycles. The van der Waals surface area contributed by atoms with Gasteiger partial charge in [-0.3, -0.25) is 0 Å². The van der Waals surface area contributed by atoms with Crippen LogP contribution in [0.5, 0.6) is 0 Å². The molecule has 0 N–H and O–H groups in total. The third kappa shape index (κ3) is 9.31. The van der Waals surface area contributed by atoms with Gasteiger partial charge in [0.25, 0.3) is 0 Å². The molecule has 0 nitrogen and oxygen atoms in total. The van der Waals surface area contributed by atoms with Gasteiger partial charge in [-0.15, -0.1) is 0 Å². The fraction of sp³-hybridized carbons (Fsp3) is 0. The van der Waals surface area contributed by atoms with E-state index in [4.69, 9.17) is 0 Å². The van der Waals surface area contributed by atoms with E-state index >= 15 is 0 Å². The van der Waals surface area contributed by atoms with Crippen molar-refractivity contribution in [3.05, 3.63) is 364 Å². The molecule has 0 aliphatic heterocycles. The molecule has 0 radical (unpaired) electrons. The Kier molecular flexibility index (Phi) is 14.3. The molecule has 81 heavy (non-hydrogen) atoms. The Morgan fingerprint density at radius 1 is 0.111 bits per heavy atom. The highest BCUT2D eigenvalue weighted by atomic mass is 28.3. The summed E-state index contributed by atoms with van der Waals surface area (Å²) in [6, 6.07) is 137. The number of benzene rings is 13. The zero-order valence-corrected chi connectivity index (χ0v) is 48.1. The zero-order chi connectivity index (χ0) is 54.3. The van der Waals surface area contributed by atoms with Gasteiger partial charge in [-0.2, -0.15) is 0 Å². The van der Waals surface area contributed by atoms with Crippen LogP contribution in [0.1, 0.15) is 0 Å². The van der Waals surface area contributed by atoms with Gasteiger partial charge in [0, 0.05) is 0 Å². The van der Waals surface area contributed by atoms with Crippen LogP contribution in [0.15, 0.2) is 364 Å². The number of hydrogen-bond acceptors (Lipinski definition) is 0. The second kappa shape index (κ2) is 22.7. The highest BCUT2D eigenvalue weighted by molar-refractivity contribution is 7.21. The summed E-state index contributed by atoms with van der Waals surface area (Å²) in [5.41, 5.74) is 7.08. The minimum atomic E-state index is -2.86. The molecular formula is C78H60Si3. The lowest BCUT2D eigenvalue weighted by atomic mass is 9.93. The Morgan fingerprint density at radius 3 is 0.420 bits per heavy atom. The van der Waals surface area contributed by atoms with Gasteiger partial charge >= 0.3 is 0 Å². The van der Waals surface area contributed by atoms with Crippen molar-refractivity contribution in [1.82, 2.24) is 0 Å². The van der Waals surface area contributed by atoms with E-state index < -0.39 is 24.2 Å². The summed E-state index contributed by atoms with van der Waals surface area (Å²) in [7, 11) is -8.58. The number of hydrogen-bond donors (Lipinski definition) is 0. The molecule has 3 heteroatoms. The van der Waals surface area contributed by atoms with Gasteiger partial charge in [0.2, 0.25) is 0 Å². The lowest BCUT2D eigenvalue weighted by Crippen LogP contribution is -2.74. The summed E-state index contributed by atoms with van der Waals surface area (Å²) < 4.78 is 0. The molecule has 384 valence electrons. The number of rotatable bonds is 15. The van der Waals surface area contributed by atoms with Crippen molar-refractivity contribution in [3.8, 4) is 33.4 Å². The molecule has 0 saturated heterocycles. The largest absolute Gasteiger partial charge is 0.179 e. The van der Waals surface area contributed by atoms with Gasteiger partial charge in [0.1, 0.15) is 0 Å². The van der Waals surface area contributed by atoms with E-state index in [0.717, 1.165) is 0 Å². The summed E-state index contributed by atoms with van der Waals surface area (Å²) in [4.78, 5) is 0. The normalized spacial score (nSPS) is 11.7. The maximum atomic E-state index is 2.52. The van der Waals surface area contributed by atoms with Crippen molar-refractivity contribution in [2.75, 3.05) is 0 Å². The van der Waals surface area contributed by atoms with E-state index in [9.17, 15) is 0 Å². The summed E-state index contributed by atoms with van der Waals surface area (Å²) in [5.74, 6) is 0. The summed E-state index contributed by atoms with van der Waals surface area (Å²) in [6.07, 6.45) is 0. The van der Waals surface area contributed by atoms with Crippen LogP contribution in [-0.4, -0.2) is 24.2 Å². The van der Waals surface area contributed by atoms with Crippen molar-refractivity contribution >= 4 is 86.5 Å². The van der Waals surface area contributed by atoms with Crippen LogP contribution < -0.4 is 62.2 Å². The van der Waals surface area contributed by atoms with E-state index in [1.807, 2.05) is 0 Å². The first-order valence-corrected chi connectivity index (χ1v) is 34.1. The van der Waals surface area contributed by atoms with Gasteiger partial charge in [0.15, 0.2) is 24.2 Å². The molecule has 0 aliphatic rings. The van der Waals surface area contributed by atoms with E-state index in [1.54, 1.807) is 0 Å². The molecule has 0 aliphatic carbocycles. The van der Waals surface area contributed by atoms with E-state index in [-0.39, 0.29) is 0 Å². The molecule has 0 bridgehead atoms. The summed E-state index contributed by atoms with van der Waals surface area (Å²) >= 11 is 0. The molecular weight excluding hydrogens is 1020 g/mol. The second-order valence-corrected chi connectivity index (χ2v) is 32.5. The zero-order valence-electron chi connectivity index (χ0n) is 45.1. The lowest BCUT2D eigenvalue weighted by molar-refractivity contribution is 1.57. The Labute approximate surface area is 480 Å². The van der Waals surface area contributed by atoms with Crippen LogP contribution in [0.2, 0.25) is 0 Å². The quantitative estimate of drug-likeness (QED) is 0.0709. The standard InChI is InChI=1S/C78H60Si3/c1-10-34-67(35-11-1)79(68-36-12-2-13-37-68,69-38-14-3-15-39-69)76-52-28-31-61(58-76)64-55-65(62-32-29-53-77(59-62)80(70-40-16-4-17-41-70,71-42-18-5-19-43-71)72-44-20-6-21-45-72)57-66(56-64)63-33-30-54-78(60-63)81(73-46-22-7-23-47-73,74-48-24-8-25-49-74)75-50-26-9-27-51-75/h1-60H. The van der Waals surface area contributed by atoms with E-state index in [2.05, 4.69) is 364 Å². The molecule has 0 amide bonds. The molecule has 0 atom stereocenters. The van der Waals surface area contributed by atoms with Crippen molar-refractivity contribution in [2.45, 2.75) is 0 Å². The Bertz CT molecular complexity index is 3440. The molecule has 0 fully saturated rings. The van der Waals surface area contributed by atoms with Crippen molar-refractivity contribution < 1.29 is 0 Å². The van der Waals surface area contributed by atoms with E-state index in [0.29, 0.717) is 0 Å². The fourth-order valence-corrected chi connectivity index (χ4v) is 27.5. The minimum Gasteiger partial charge on any atom is -0.0623 e. The lowest BCUT2D eigenvalue weighted by Gasteiger charge is -2.35. The Balaban J connectivity index is 1.07. The first kappa shape index (κ1) is 51.0. The highest BCUT2D eigenvalue weighted by Gasteiger charge is 2.44. The predicted octanol–water partition coefficient (Wildman–Crippen LogP) is 10.8. The Hall–Kier alpha value is -9.49. The van der Waals surface area contributed by atoms with E-state index in [1.165, 1.54) is 95.6 Å². The third-order valence-electron chi connectivity index (χ3n) is 16.7. The van der Waals surface area contributed by atoms with Crippen molar-refractivity contribution in [3.63, 3.8) is 0 Å². The van der Waals surface area contributed by atoms with Crippen LogP contribution >= 0.6 is 0 Å². The van der Waals surface area contributed by atoms with Gasteiger partial charge in [-0.1, -0.05) is 346 Å². The molecule has 0 spiro atoms. The monoisotopic (exact) mass is 1080 g/mol. The minimum absolute atomic E-state index is 1.17. The first-order chi connectivity index (χ1) is 40.2. The van der Waals surface area contributed by atoms with Crippen LogP contribution in [0.4, 0.5) is 0 Å². The maximum absolute atomic E-state index is 2.86. The Morgan fingerprint density at radius 2 is 0.259 bits per heavy atom. The van der Waals surface area contributed by atoms with Gasteiger partial charge in [-0.05, 0) is 114 Å². The molecule has 13 rings (SSSR count). The van der Waals surface area contributed by atoms with Crippen LogP contribution in [0.3, 0.4) is 0 Å². The molecule has 0 aromatic heterocycles. The van der Waals surface area contributed by atoms with Crippen molar-refractivity contribution in [2.24, 2.45) is 0 Å².